The molecule has 0 aliphatic heterocycles. The number of rotatable bonds is 6. The maximum absolute atomic E-state index is 5.38. The summed E-state index contributed by atoms with van der Waals surface area (Å²) in [4.78, 5) is 21.0. The van der Waals surface area contributed by atoms with Gasteiger partial charge in [-0.1, -0.05) is 188 Å². The highest BCUT2D eigenvalue weighted by molar-refractivity contribution is 6.38. The SMILES string of the molecule is c1ccc(-c2cc(-c3cc4c5ccccc5c5c(c6ccccc6n5-c5cc(-c6ccccc6)nc(-c6ccccc6)n5)c4c4ccccc34)nc(-c3ccccc3)n2)cc1. The van der Waals surface area contributed by atoms with Gasteiger partial charge in [-0.25, -0.2) is 19.9 Å². The molecular weight excluding hydrogens is 743 g/mol. The molecular formula is C56H35N5. The Labute approximate surface area is 351 Å². The number of hydrogen-bond acceptors (Lipinski definition) is 4. The second-order valence-electron chi connectivity index (χ2n) is 15.4. The van der Waals surface area contributed by atoms with Crippen LogP contribution < -0.4 is 0 Å². The first-order valence-corrected chi connectivity index (χ1v) is 20.6. The molecule has 0 aliphatic rings. The van der Waals surface area contributed by atoms with Crippen LogP contribution in [0.5, 0.6) is 0 Å². The summed E-state index contributed by atoms with van der Waals surface area (Å²) in [6, 6.07) is 74.3. The van der Waals surface area contributed by atoms with E-state index in [0.29, 0.717) is 11.6 Å². The van der Waals surface area contributed by atoms with Crippen molar-refractivity contribution >= 4 is 54.1 Å². The third-order valence-electron chi connectivity index (χ3n) is 11.8. The summed E-state index contributed by atoms with van der Waals surface area (Å²) >= 11 is 0. The minimum atomic E-state index is 0.678. The van der Waals surface area contributed by atoms with Crippen molar-refractivity contribution in [3.05, 3.63) is 212 Å². The van der Waals surface area contributed by atoms with Crippen LogP contribution in [0, 0.1) is 0 Å². The fraction of sp³-hybridized carbons (Fsp3) is 0. The van der Waals surface area contributed by atoms with Crippen LogP contribution in [0.15, 0.2) is 212 Å². The van der Waals surface area contributed by atoms with Crippen molar-refractivity contribution in [3.8, 4) is 62.4 Å². The van der Waals surface area contributed by atoms with Crippen LogP contribution in [0.1, 0.15) is 0 Å². The smallest absolute Gasteiger partial charge is 0.162 e. The van der Waals surface area contributed by atoms with Crippen molar-refractivity contribution in [2.45, 2.75) is 0 Å². The lowest BCUT2D eigenvalue weighted by Crippen LogP contribution is -2.03. The number of aromatic nitrogens is 5. The topological polar surface area (TPSA) is 56.5 Å². The summed E-state index contributed by atoms with van der Waals surface area (Å²) in [5.74, 6) is 2.18. The molecule has 5 nitrogen and oxygen atoms in total. The largest absolute Gasteiger partial charge is 0.293 e. The second kappa shape index (κ2) is 14.2. The van der Waals surface area contributed by atoms with Crippen LogP contribution >= 0.6 is 0 Å². The summed E-state index contributed by atoms with van der Waals surface area (Å²) in [5, 5.41) is 9.29. The van der Waals surface area contributed by atoms with E-state index in [9.17, 15) is 0 Å². The zero-order chi connectivity index (χ0) is 40.3. The van der Waals surface area contributed by atoms with Gasteiger partial charge in [0.1, 0.15) is 5.82 Å². The van der Waals surface area contributed by atoms with Crippen LogP contribution in [0.3, 0.4) is 0 Å². The Morgan fingerprint density at radius 1 is 0.295 bits per heavy atom. The van der Waals surface area contributed by atoms with Gasteiger partial charge in [0.25, 0.3) is 0 Å². The molecule has 284 valence electrons. The van der Waals surface area contributed by atoms with Crippen molar-refractivity contribution < 1.29 is 0 Å². The molecule has 61 heavy (non-hydrogen) atoms. The van der Waals surface area contributed by atoms with Crippen LogP contribution in [-0.4, -0.2) is 24.5 Å². The molecule has 0 spiro atoms. The van der Waals surface area contributed by atoms with Gasteiger partial charge in [0.15, 0.2) is 11.6 Å². The molecule has 0 fully saturated rings. The van der Waals surface area contributed by atoms with E-state index in [-0.39, 0.29) is 0 Å². The Bertz CT molecular complexity index is 3500. The average Bonchev–Trinajstić information content (AvgIpc) is 3.70. The molecule has 12 aromatic rings. The monoisotopic (exact) mass is 777 g/mol. The molecule has 0 saturated heterocycles. The van der Waals surface area contributed by atoms with E-state index in [1.54, 1.807) is 0 Å². The molecule has 0 atom stereocenters. The van der Waals surface area contributed by atoms with Crippen LogP contribution in [0.2, 0.25) is 0 Å². The molecule has 0 amide bonds. The molecule has 0 saturated carbocycles. The Morgan fingerprint density at radius 3 is 1.38 bits per heavy atom. The van der Waals surface area contributed by atoms with E-state index in [1.807, 2.05) is 48.5 Å². The summed E-state index contributed by atoms with van der Waals surface area (Å²) in [6.07, 6.45) is 0. The highest BCUT2D eigenvalue weighted by atomic mass is 15.1. The zero-order valence-electron chi connectivity index (χ0n) is 32.9. The Balaban J connectivity index is 1.21. The average molecular weight is 778 g/mol. The van der Waals surface area contributed by atoms with Gasteiger partial charge in [0.2, 0.25) is 0 Å². The molecule has 3 heterocycles. The third kappa shape index (κ3) is 5.78. The quantitative estimate of drug-likeness (QED) is 0.158. The van der Waals surface area contributed by atoms with Crippen molar-refractivity contribution in [1.82, 2.24) is 24.5 Å². The van der Waals surface area contributed by atoms with Gasteiger partial charge in [-0.05, 0) is 39.7 Å². The standard InChI is InChI=1S/C56H35N5/c1-5-19-36(20-6-1)47-34-49(59-55(57-47)38-23-9-3-10-24-38)45-33-46-41-28-14-16-30-43(41)54-53(52(46)42-29-15-13-27-40(42)45)44-31-17-18-32-50(44)61(54)51-35-48(37-21-7-2-8-22-37)58-56(60-51)39-25-11-4-12-26-39/h1-35H. The molecule has 9 aromatic carbocycles. The van der Waals surface area contributed by atoms with Crippen LogP contribution in [0.25, 0.3) is 116 Å². The van der Waals surface area contributed by atoms with Gasteiger partial charge in [-0.3, -0.25) is 4.57 Å². The molecule has 0 aliphatic carbocycles. The Morgan fingerprint density at radius 2 is 0.754 bits per heavy atom. The summed E-state index contributed by atoms with van der Waals surface area (Å²) < 4.78 is 2.36. The fourth-order valence-corrected chi connectivity index (χ4v) is 9.06. The fourth-order valence-electron chi connectivity index (χ4n) is 9.06. The molecule has 0 bridgehead atoms. The summed E-state index contributed by atoms with van der Waals surface area (Å²) in [7, 11) is 0. The minimum Gasteiger partial charge on any atom is -0.293 e. The van der Waals surface area contributed by atoms with Crippen LogP contribution in [-0.2, 0) is 0 Å². The zero-order valence-corrected chi connectivity index (χ0v) is 32.9. The molecule has 0 N–H and O–H groups in total. The van der Waals surface area contributed by atoms with E-state index >= 15 is 0 Å². The minimum absolute atomic E-state index is 0.678. The number of hydrogen-bond donors (Lipinski definition) is 0. The van der Waals surface area contributed by atoms with Crippen molar-refractivity contribution in [3.63, 3.8) is 0 Å². The molecule has 0 unspecified atom stereocenters. The van der Waals surface area contributed by atoms with Gasteiger partial charge in [-0.15, -0.1) is 0 Å². The van der Waals surface area contributed by atoms with Gasteiger partial charge < -0.3 is 0 Å². The lowest BCUT2D eigenvalue weighted by molar-refractivity contribution is 1.05. The Hall–Kier alpha value is -8.28. The molecule has 5 heteroatoms. The van der Waals surface area contributed by atoms with E-state index in [0.717, 1.165) is 88.7 Å². The number of nitrogens with zero attached hydrogens (tertiary/aromatic N) is 5. The van der Waals surface area contributed by atoms with E-state index in [4.69, 9.17) is 19.9 Å². The van der Waals surface area contributed by atoms with Gasteiger partial charge in [0.05, 0.1) is 28.1 Å². The van der Waals surface area contributed by atoms with E-state index < -0.39 is 0 Å². The van der Waals surface area contributed by atoms with Gasteiger partial charge in [0, 0.05) is 55.4 Å². The van der Waals surface area contributed by atoms with Crippen molar-refractivity contribution in [2.24, 2.45) is 0 Å². The first kappa shape index (κ1) is 34.7. The molecule has 0 radical (unpaired) electrons. The van der Waals surface area contributed by atoms with E-state index in [1.165, 1.54) is 16.2 Å². The van der Waals surface area contributed by atoms with E-state index in [2.05, 4.69) is 168 Å². The van der Waals surface area contributed by atoms with Crippen LogP contribution in [0.4, 0.5) is 0 Å². The predicted molar refractivity (Wildman–Crippen MR) is 252 cm³/mol. The van der Waals surface area contributed by atoms with Crippen molar-refractivity contribution in [1.29, 1.82) is 0 Å². The maximum Gasteiger partial charge on any atom is 0.162 e. The maximum atomic E-state index is 5.38. The number of fused-ring (bicyclic) bond motifs is 10. The lowest BCUT2D eigenvalue weighted by atomic mass is 9.89. The third-order valence-corrected chi connectivity index (χ3v) is 11.8. The highest BCUT2D eigenvalue weighted by Gasteiger charge is 2.24. The predicted octanol–water partition coefficient (Wildman–Crippen LogP) is 14.2. The number of para-hydroxylation sites is 1. The highest BCUT2D eigenvalue weighted by Crippen LogP contribution is 2.47. The lowest BCUT2D eigenvalue weighted by Gasteiger charge is -2.17. The Kier molecular flexibility index (Phi) is 8.10. The molecule has 12 rings (SSSR count). The first-order chi connectivity index (χ1) is 30.3. The molecule has 3 aromatic heterocycles. The number of benzene rings is 9. The second-order valence-corrected chi connectivity index (χ2v) is 15.4. The first-order valence-electron chi connectivity index (χ1n) is 20.6. The normalized spacial score (nSPS) is 11.6. The van der Waals surface area contributed by atoms with Crippen molar-refractivity contribution in [2.75, 3.05) is 0 Å². The summed E-state index contributed by atoms with van der Waals surface area (Å²) in [5.41, 5.74) is 9.89. The summed E-state index contributed by atoms with van der Waals surface area (Å²) in [6.45, 7) is 0. The van der Waals surface area contributed by atoms with Gasteiger partial charge in [-0.2, -0.15) is 0 Å². The van der Waals surface area contributed by atoms with Gasteiger partial charge >= 0.3 is 0 Å².